The molecule has 2 aliphatic heterocycles. The number of ether oxygens (including phenoxy) is 1. The quantitative estimate of drug-likeness (QED) is 0.347. The number of hydrogen-bond donors (Lipinski definition) is 5. The first kappa shape index (κ1) is 21.8. The lowest BCUT2D eigenvalue weighted by Gasteiger charge is -2.21. The van der Waals surface area contributed by atoms with Crippen molar-refractivity contribution in [2.24, 2.45) is 11.8 Å². The van der Waals surface area contributed by atoms with E-state index in [0.29, 0.717) is 24.9 Å². The zero-order valence-electron chi connectivity index (χ0n) is 16.1. The van der Waals surface area contributed by atoms with E-state index < -0.39 is 24.0 Å². The second-order valence-corrected chi connectivity index (χ2v) is 8.63. The molecule has 11 heteroatoms. The number of carbonyl (C=O) groups is 2. The van der Waals surface area contributed by atoms with E-state index in [1.807, 2.05) is 4.90 Å². The van der Waals surface area contributed by atoms with Crippen molar-refractivity contribution in [3.05, 3.63) is 23.3 Å². The van der Waals surface area contributed by atoms with Gasteiger partial charge < -0.3 is 35.2 Å². The number of likely N-dealkylation sites (tertiary alicyclic amines) is 1. The van der Waals surface area contributed by atoms with Crippen LogP contribution in [0.5, 0.6) is 11.5 Å². The number of carboxylic acid groups (broad SMARTS) is 1. The van der Waals surface area contributed by atoms with Crippen molar-refractivity contribution in [3.63, 3.8) is 0 Å². The molecule has 0 aromatic heterocycles. The van der Waals surface area contributed by atoms with Crippen molar-refractivity contribution in [1.82, 2.24) is 10.2 Å². The highest BCUT2D eigenvalue weighted by atomic mass is 32.2. The number of amides is 1. The number of carboxylic acids is 1. The van der Waals surface area contributed by atoms with Gasteiger partial charge in [0.15, 0.2) is 0 Å². The van der Waals surface area contributed by atoms with Gasteiger partial charge in [0.05, 0.1) is 12.9 Å². The third kappa shape index (κ3) is 4.80. The molecule has 0 radical (unpaired) electrons. The van der Waals surface area contributed by atoms with Gasteiger partial charge in [0.2, 0.25) is 5.91 Å². The van der Waals surface area contributed by atoms with Crippen molar-refractivity contribution in [2.75, 3.05) is 39.0 Å². The highest BCUT2D eigenvalue weighted by molar-refractivity contribution is 8.01. The highest BCUT2D eigenvalue weighted by Crippen LogP contribution is 2.34. The van der Waals surface area contributed by atoms with Gasteiger partial charge >= 0.3 is 13.1 Å². The Labute approximate surface area is 173 Å². The predicted molar refractivity (Wildman–Crippen MR) is 108 cm³/mol. The third-order valence-electron chi connectivity index (χ3n) is 5.57. The Morgan fingerprint density at radius 1 is 1.31 bits per heavy atom. The SMILES string of the molecule is COc1ccc(C[C@H](SCC(=O)N2CC3CNCC3C2)B(O)O)c(O)c1C(=O)O. The van der Waals surface area contributed by atoms with Crippen LogP contribution in [0.25, 0.3) is 0 Å². The highest BCUT2D eigenvalue weighted by Gasteiger charge is 2.38. The number of nitrogens with one attached hydrogen (secondary N) is 1. The molecule has 3 rings (SSSR count). The molecule has 2 heterocycles. The average molecular weight is 424 g/mol. The fraction of sp³-hybridized carbons (Fsp3) is 0.556. The maximum absolute atomic E-state index is 12.5. The zero-order chi connectivity index (χ0) is 21.1. The minimum atomic E-state index is -1.73. The van der Waals surface area contributed by atoms with E-state index in [1.165, 1.54) is 19.2 Å². The number of hydrogen-bond acceptors (Lipinski definition) is 8. The van der Waals surface area contributed by atoms with Gasteiger partial charge in [0, 0.05) is 31.3 Å². The molecule has 2 fully saturated rings. The maximum Gasteiger partial charge on any atom is 0.465 e. The summed E-state index contributed by atoms with van der Waals surface area (Å²) in [6.45, 7) is 3.26. The Morgan fingerprint density at radius 3 is 2.52 bits per heavy atom. The van der Waals surface area contributed by atoms with Crippen LogP contribution in [0.15, 0.2) is 12.1 Å². The van der Waals surface area contributed by atoms with E-state index in [-0.39, 0.29) is 35.0 Å². The van der Waals surface area contributed by atoms with Gasteiger partial charge in [-0.05, 0) is 29.9 Å². The summed E-state index contributed by atoms with van der Waals surface area (Å²) >= 11 is 1.08. The average Bonchev–Trinajstić information content (AvgIpc) is 3.27. The third-order valence-corrected chi connectivity index (χ3v) is 6.83. The number of rotatable bonds is 8. The molecule has 1 aromatic carbocycles. The molecule has 0 spiro atoms. The fourth-order valence-electron chi connectivity index (χ4n) is 3.95. The Balaban J connectivity index is 1.64. The summed E-state index contributed by atoms with van der Waals surface area (Å²) < 4.78 is 4.96. The van der Waals surface area contributed by atoms with Gasteiger partial charge in [-0.1, -0.05) is 6.07 Å². The number of aromatic carboxylic acids is 1. The molecule has 1 aromatic rings. The van der Waals surface area contributed by atoms with E-state index in [9.17, 15) is 29.9 Å². The molecule has 0 aliphatic carbocycles. The van der Waals surface area contributed by atoms with Crippen LogP contribution < -0.4 is 10.1 Å². The first-order valence-corrected chi connectivity index (χ1v) is 10.4. The molecule has 158 valence electrons. The summed E-state index contributed by atoms with van der Waals surface area (Å²) in [6.07, 6.45) is -0.0130. The van der Waals surface area contributed by atoms with Crippen LogP contribution >= 0.6 is 11.8 Å². The molecule has 2 unspecified atom stereocenters. The number of aromatic hydroxyl groups is 1. The molecular formula is C18H25BN2O7S. The fourth-order valence-corrected chi connectivity index (χ4v) is 4.96. The lowest BCUT2D eigenvalue weighted by molar-refractivity contribution is -0.127. The van der Waals surface area contributed by atoms with Crippen LogP contribution in [0, 0.1) is 11.8 Å². The van der Waals surface area contributed by atoms with E-state index in [0.717, 1.165) is 24.9 Å². The molecule has 9 nitrogen and oxygen atoms in total. The van der Waals surface area contributed by atoms with Crippen molar-refractivity contribution < 1.29 is 34.6 Å². The van der Waals surface area contributed by atoms with Gasteiger partial charge in [-0.3, -0.25) is 4.79 Å². The minimum Gasteiger partial charge on any atom is -0.507 e. The summed E-state index contributed by atoms with van der Waals surface area (Å²) in [7, 11) is -0.435. The topological polar surface area (TPSA) is 140 Å². The summed E-state index contributed by atoms with van der Waals surface area (Å²) in [5, 5.41) is 41.6. The van der Waals surface area contributed by atoms with Gasteiger partial charge in [0.1, 0.15) is 17.1 Å². The Bertz CT molecular complexity index is 767. The van der Waals surface area contributed by atoms with Gasteiger partial charge in [-0.2, -0.15) is 11.8 Å². The zero-order valence-corrected chi connectivity index (χ0v) is 16.9. The second-order valence-electron chi connectivity index (χ2n) is 7.40. The van der Waals surface area contributed by atoms with E-state index in [4.69, 9.17) is 4.74 Å². The van der Waals surface area contributed by atoms with E-state index >= 15 is 0 Å². The Morgan fingerprint density at radius 2 is 1.97 bits per heavy atom. The normalized spacial score (nSPS) is 21.7. The Kier molecular flexibility index (Phi) is 6.94. The molecule has 3 atom stereocenters. The molecule has 0 bridgehead atoms. The molecule has 2 saturated heterocycles. The van der Waals surface area contributed by atoms with Crippen LogP contribution in [-0.2, 0) is 11.2 Å². The molecular weight excluding hydrogens is 399 g/mol. The van der Waals surface area contributed by atoms with Crippen LogP contribution in [-0.4, -0.2) is 88.3 Å². The first-order valence-electron chi connectivity index (χ1n) is 9.40. The van der Waals surface area contributed by atoms with Crippen LogP contribution in [0.3, 0.4) is 0 Å². The molecule has 1 amide bonds. The smallest absolute Gasteiger partial charge is 0.465 e. The van der Waals surface area contributed by atoms with Gasteiger partial charge in [-0.25, -0.2) is 4.79 Å². The number of nitrogens with zero attached hydrogens (tertiary/aromatic N) is 1. The number of benzene rings is 1. The van der Waals surface area contributed by atoms with E-state index in [1.54, 1.807) is 0 Å². The molecule has 5 N–H and O–H groups in total. The lowest BCUT2D eigenvalue weighted by atomic mass is 9.81. The van der Waals surface area contributed by atoms with Crippen LogP contribution in [0.4, 0.5) is 0 Å². The summed E-state index contributed by atoms with van der Waals surface area (Å²) in [6, 6.07) is 2.89. The summed E-state index contributed by atoms with van der Waals surface area (Å²) in [5.41, 5.74) is -0.141. The van der Waals surface area contributed by atoms with Crippen molar-refractivity contribution in [1.29, 1.82) is 0 Å². The first-order chi connectivity index (χ1) is 13.8. The van der Waals surface area contributed by atoms with Gasteiger partial charge in [0.25, 0.3) is 0 Å². The van der Waals surface area contributed by atoms with Gasteiger partial charge in [-0.15, -0.1) is 0 Å². The molecule has 2 aliphatic rings. The Hall–Kier alpha value is -1.95. The van der Waals surface area contributed by atoms with Crippen LogP contribution in [0.1, 0.15) is 15.9 Å². The number of fused-ring (bicyclic) bond motifs is 1. The summed E-state index contributed by atoms with van der Waals surface area (Å²) in [5.74, 6) is -0.828. The van der Waals surface area contributed by atoms with Crippen molar-refractivity contribution >= 4 is 30.8 Å². The van der Waals surface area contributed by atoms with E-state index in [2.05, 4.69) is 5.32 Å². The van der Waals surface area contributed by atoms with Crippen molar-refractivity contribution in [3.8, 4) is 11.5 Å². The summed E-state index contributed by atoms with van der Waals surface area (Å²) in [4.78, 5) is 25.8. The maximum atomic E-state index is 12.5. The van der Waals surface area contributed by atoms with Crippen LogP contribution in [0.2, 0.25) is 0 Å². The number of phenols is 1. The second kappa shape index (κ2) is 9.25. The molecule has 0 saturated carbocycles. The number of carbonyl (C=O) groups excluding carboxylic acids is 1. The largest absolute Gasteiger partial charge is 0.507 e. The number of thioether (sulfide) groups is 1. The number of methoxy groups -OCH3 is 1. The monoisotopic (exact) mass is 424 g/mol. The lowest BCUT2D eigenvalue weighted by Crippen LogP contribution is -2.36. The van der Waals surface area contributed by atoms with Crippen molar-refractivity contribution in [2.45, 2.75) is 11.6 Å². The standard InChI is InChI=1S/C18H25BN2O7S/c1-28-13-3-2-10(17(23)16(13)18(24)25)4-14(19(26)27)29-9-15(22)21-7-11-5-20-6-12(11)8-21/h2-3,11-12,14,20,23,26-27H,4-9H2,1H3,(H,24,25)/t11?,12?,14-/m0/s1. The minimum absolute atomic E-state index is 0.0109. The predicted octanol–water partition coefficient (Wildman–Crippen LogP) is -0.567. The molecule has 29 heavy (non-hydrogen) atoms.